The smallest absolute Gasteiger partial charge is 0.168 e. The molecular weight excluding hydrogens is 1170 g/mol. The highest BCUT2D eigenvalue weighted by molar-refractivity contribution is 9.10. The minimum atomic E-state index is -0.317. The van der Waals surface area contributed by atoms with Crippen LogP contribution >= 0.6 is 15.9 Å². The van der Waals surface area contributed by atoms with Gasteiger partial charge in [-0.05, 0) is 78.8 Å². The quantitative estimate of drug-likeness (QED) is 0.102. The van der Waals surface area contributed by atoms with Crippen LogP contribution in [-0.4, -0.2) is 54.1 Å². The number of halogens is 1. The highest BCUT2D eigenvalue weighted by Crippen LogP contribution is 2.29. The zero-order chi connectivity index (χ0) is 69.9. The van der Waals surface area contributed by atoms with Crippen molar-refractivity contribution in [1.82, 2.24) is 0 Å². The molecule has 0 atom stereocenters. The van der Waals surface area contributed by atoms with Crippen molar-refractivity contribution in [2.24, 2.45) is 27.1 Å². The molecule has 0 heterocycles. The van der Waals surface area contributed by atoms with Gasteiger partial charge < -0.3 is 19.2 Å². The van der Waals surface area contributed by atoms with Gasteiger partial charge in [0.15, 0.2) is 28.9 Å². The third kappa shape index (κ3) is 35.8. The van der Waals surface area contributed by atoms with Crippen LogP contribution < -0.4 is 0 Å². The number of hydrogen-bond donors (Lipinski definition) is 0. The summed E-state index contributed by atoms with van der Waals surface area (Å²) < 4.78 is 0.998. The first-order valence-corrected chi connectivity index (χ1v) is 31.6. The molecule has 0 fully saturated rings. The second kappa shape index (κ2) is 41.4. The molecule has 89 heavy (non-hydrogen) atoms. The summed E-state index contributed by atoms with van der Waals surface area (Å²) in [6.45, 7) is 51.1. The van der Waals surface area contributed by atoms with Gasteiger partial charge in [0.05, 0.1) is 0 Å². The van der Waals surface area contributed by atoms with E-state index in [0.717, 1.165) is 73.9 Å². The second-order valence-electron chi connectivity index (χ2n) is 27.7. The normalized spacial score (nSPS) is 10.8. The summed E-state index contributed by atoms with van der Waals surface area (Å²) in [5.41, 5.74) is 8.57. The number of hydrogen-bond acceptors (Lipinski definition) is 9. The minimum Gasteiger partial charge on any atom is -0.303 e. The van der Waals surface area contributed by atoms with Gasteiger partial charge >= 0.3 is 0 Å². The van der Waals surface area contributed by atoms with Crippen molar-refractivity contribution in [1.29, 1.82) is 0 Å². The lowest BCUT2D eigenvalue weighted by molar-refractivity contribution is -0.108. The summed E-state index contributed by atoms with van der Waals surface area (Å²) in [7, 11) is 0. The van der Waals surface area contributed by atoms with Crippen molar-refractivity contribution in [3.63, 3.8) is 0 Å². The number of benzene rings is 6. The summed E-state index contributed by atoms with van der Waals surface area (Å²) in [6, 6.07) is 41.3. The van der Waals surface area contributed by atoms with E-state index in [4.69, 9.17) is 0 Å². The van der Waals surface area contributed by atoms with Gasteiger partial charge in [0.25, 0.3) is 0 Å². The standard InChI is InChI=1S/C15H16O.C15H22O.C14H20O.C12H16O.C11H13BrO.4C3H6O/c1-15(2,3)14(16)13-9-8-11-6-4-5-7-12(11)10-13;1-14(2,3)12-9-7-11(8-10-12)13(16)15(4,5)6;1-9-7-10(2)12(11(3)8-9)13(15)14(4,5)6;1-9-5-7-10(8-6-9)11(13)12(2,3)4;1-11(2,3)10(13)8-4-6-9(12)7-5-8;4*1-2-3-4/h4-10H,1-3H3;7-10H,1-6H3;7-8H,1-6H3;5-8H,1-4H3;4-7H,1-3H3;4*3H,2H2,1H3. The maximum absolute atomic E-state index is 12.2. The Balaban J connectivity index is -0.000000979. The Morgan fingerprint density at radius 2 is 0.607 bits per heavy atom. The molecule has 6 rings (SSSR count). The van der Waals surface area contributed by atoms with Gasteiger partial charge in [0.1, 0.15) is 25.1 Å². The molecule has 0 radical (unpaired) electrons. The lowest BCUT2D eigenvalue weighted by Crippen LogP contribution is -2.22. The lowest BCUT2D eigenvalue weighted by atomic mass is 9.82. The third-order valence-corrected chi connectivity index (χ3v) is 13.0. The fraction of sp³-hybridized carbons (Fsp3) is 0.456. The summed E-state index contributed by atoms with van der Waals surface area (Å²) in [5.74, 6) is 1.01. The maximum Gasteiger partial charge on any atom is 0.168 e. The Kier molecular flexibility index (Phi) is 40.1. The Morgan fingerprint density at radius 1 is 0.337 bits per heavy atom. The number of Topliss-reactive ketones (excluding diaryl/α,β-unsaturated/α-hetero) is 5. The molecule has 0 bridgehead atoms. The number of carbonyl (C=O) groups is 9. The Hall–Kier alpha value is -6.91. The summed E-state index contributed by atoms with van der Waals surface area (Å²) in [5, 5.41) is 2.30. The first-order chi connectivity index (χ1) is 40.8. The second-order valence-corrected chi connectivity index (χ2v) is 28.6. The first-order valence-electron chi connectivity index (χ1n) is 30.8. The number of fused-ring (bicyclic) bond motifs is 1. The molecule has 6 aromatic rings. The molecular formula is C79H111BrO9. The van der Waals surface area contributed by atoms with Crippen molar-refractivity contribution in [3.05, 3.63) is 188 Å². The Bertz CT molecular complexity index is 3000. The number of carbonyl (C=O) groups excluding carboxylic acids is 9. The molecule has 0 saturated carbocycles. The van der Waals surface area contributed by atoms with E-state index < -0.39 is 0 Å². The van der Waals surface area contributed by atoms with E-state index in [1.807, 2.05) is 249 Å². The van der Waals surface area contributed by atoms with Gasteiger partial charge in [0.2, 0.25) is 0 Å². The topological polar surface area (TPSA) is 154 Å². The van der Waals surface area contributed by atoms with Gasteiger partial charge in [-0.25, -0.2) is 0 Å². The van der Waals surface area contributed by atoms with Crippen LogP contribution in [0.1, 0.15) is 258 Å². The summed E-state index contributed by atoms with van der Waals surface area (Å²) in [4.78, 5) is 96.6. The first kappa shape index (κ1) is 86.3. The Labute approximate surface area is 546 Å². The van der Waals surface area contributed by atoms with Gasteiger partial charge in [0, 0.05) is 85.0 Å². The number of aldehydes is 4. The molecule has 0 aromatic heterocycles. The van der Waals surface area contributed by atoms with Crippen molar-refractivity contribution < 1.29 is 43.2 Å². The number of aryl methyl sites for hydroxylation is 4. The van der Waals surface area contributed by atoms with Gasteiger partial charge in [-0.15, -0.1) is 0 Å². The summed E-state index contributed by atoms with van der Waals surface area (Å²) >= 11 is 3.33. The van der Waals surface area contributed by atoms with Crippen LogP contribution in [0.3, 0.4) is 0 Å². The molecule has 0 spiro atoms. The van der Waals surface area contributed by atoms with E-state index in [1.165, 1.54) is 22.1 Å². The molecule has 0 aliphatic rings. The number of rotatable bonds is 9. The lowest BCUT2D eigenvalue weighted by Gasteiger charge is -2.20. The zero-order valence-corrected chi connectivity index (χ0v) is 60.9. The largest absolute Gasteiger partial charge is 0.303 e. The highest BCUT2D eigenvalue weighted by atomic mass is 79.9. The fourth-order valence-electron chi connectivity index (χ4n) is 7.40. The van der Waals surface area contributed by atoms with Crippen molar-refractivity contribution in [2.75, 3.05) is 0 Å². The molecule has 0 unspecified atom stereocenters. The van der Waals surface area contributed by atoms with Crippen LogP contribution in [0.25, 0.3) is 10.8 Å². The monoisotopic (exact) mass is 1280 g/mol. The van der Waals surface area contributed by atoms with Gasteiger partial charge in [-0.1, -0.05) is 289 Å². The average Bonchev–Trinajstić information content (AvgIpc) is 3.16. The number of ketones is 5. The van der Waals surface area contributed by atoms with Crippen molar-refractivity contribution in [3.8, 4) is 0 Å². The molecule has 10 heteroatoms. The van der Waals surface area contributed by atoms with Crippen LogP contribution in [0.2, 0.25) is 0 Å². The molecule has 6 aromatic carbocycles. The Morgan fingerprint density at radius 3 is 0.899 bits per heavy atom. The predicted molar refractivity (Wildman–Crippen MR) is 379 cm³/mol. The van der Waals surface area contributed by atoms with E-state index in [0.29, 0.717) is 25.7 Å². The molecule has 0 saturated heterocycles. The van der Waals surface area contributed by atoms with Crippen LogP contribution in [0.4, 0.5) is 0 Å². The molecule has 0 aliphatic heterocycles. The maximum atomic E-state index is 12.2. The molecule has 0 amide bonds. The average molecular weight is 1280 g/mol. The van der Waals surface area contributed by atoms with Crippen molar-refractivity contribution >= 4 is 80.8 Å². The van der Waals surface area contributed by atoms with Gasteiger partial charge in [-0.3, -0.25) is 24.0 Å². The van der Waals surface area contributed by atoms with Gasteiger partial charge in [-0.2, -0.15) is 0 Å². The van der Waals surface area contributed by atoms with E-state index in [1.54, 1.807) is 0 Å². The van der Waals surface area contributed by atoms with Crippen LogP contribution in [0.15, 0.2) is 132 Å². The zero-order valence-electron chi connectivity index (χ0n) is 59.3. The van der Waals surface area contributed by atoms with E-state index >= 15 is 0 Å². The molecule has 488 valence electrons. The van der Waals surface area contributed by atoms with Crippen molar-refractivity contribution in [2.45, 2.75) is 211 Å². The molecule has 0 N–H and O–H groups in total. The van der Waals surface area contributed by atoms with E-state index in [2.05, 4.69) is 74.0 Å². The SMILES string of the molecule is CC(C)(C)C(=O)c1ccc(Br)cc1.CC(C)(C)C(=O)c1ccc(C(C)(C)C)cc1.CC(C)(C)C(=O)c1ccc2ccccc2c1.CCC=O.CCC=O.CCC=O.CCC=O.Cc1cc(C)c(C(=O)C(C)(C)C)c(C)c1.Cc1ccc(C(=O)C(C)(C)C)cc1. The fourth-order valence-corrected chi connectivity index (χ4v) is 7.67. The predicted octanol–water partition coefficient (Wildman–Crippen LogP) is 21.4. The molecule has 9 nitrogen and oxygen atoms in total. The van der Waals surface area contributed by atoms with E-state index in [-0.39, 0.29) is 61.4 Å². The van der Waals surface area contributed by atoms with Crippen LogP contribution in [0, 0.1) is 54.8 Å². The third-order valence-electron chi connectivity index (χ3n) is 12.4. The molecule has 0 aliphatic carbocycles. The minimum absolute atomic E-state index is 0.142. The summed E-state index contributed by atoms with van der Waals surface area (Å²) in [6.07, 6.45) is 6.06. The highest BCUT2D eigenvalue weighted by Gasteiger charge is 2.27. The van der Waals surface area contributed by atoms with Crippen LogP contribution in [0.5, 0.6) is 0 Å². The van der Waals surface area contributed by atoms with E-state index in [9.17, 15) is 43.2 Å². The van der Waals surface area contributed by atoms with Crippen LogP contribution in [-0.2, 0) is 24.6 Å².